The molecule has 0 amide bonds. The van der Waals surface area contributed by atoms with Crippen LogP contribution in [-0.4, -0.2) is 57.7 Å². The van der Waals surface area contributed by atoms with Crippen molar-refractivity contribution < 1.29 is 22.8 Å². The van der Waals surface area contributed by atoms with Gasteiger partial charge in [-0.3, -0.25) is 4.90 Å². The molecule has 0 N–H and O–H groups in total. The quantitative estimate of drug-likeness (QED) is 0.457. The molecule has 1 aliphatic heterocycles. The highest BCUT2D eigenvalue weighted by Gasteiger charge is 2.25. The lowest BCUT2D eigenvalue weighted by atomic mass is 9.96. The number of anilines is 1. The van der Waals surface area contributed by atoms with Crippen molar-refractivity contribution in [2.75, 3.05) is 31.6 Å². The van der Waals surface area contributed by atoms with E-state index in [1.165, 1.54) is 18.5 Å². The van der Waals surface area contributed by atoms with E-state index in [2.05, 4.69) is 25.0 Å². The van der Waals surface area contributed by atoms with Gasteiger partial charge >= 0.3 is 5.97 Å². The van der Waals surface area contributed by atoms with Crippen LogP contribution in [0.2, 0.25) is 0 Å². The van der Waals surface area contributed by atoms with Gasteiger partial charge in [-0.2, -0.15) is 4.98 Å². The highest BCUT2D eigenvalue weighted by atomic mass is 19.2. The van der Waals surface area contributed by atoms with Gasteiger partial charge in [-0.15, -0.1) is 0 Å². The predicted molar refractivity (Wildman–Crippen MR) is 118 cm³/mol. The van der Waals surface area contributed by atoms with E-state index in [9.17, 15) is 13.6 Å². The topological polar surface area (TPSA) is 97.5 Å². The van der Waals surface area contributed by atoms with Gasteiger partial charge in [-0.1, -0.05) is 11.2 Å². The lowest BCUT2D eigenvalue weighted by Gasteiger charge is -2.30. The molecule has 3 aromatic rings. The largest absolute Gasteiger partial charge is 0.462 e. The zero-order valence-corrected chi connectivity index (χ0v) is 19.1. The first kappa shape index (κ1) is 23.7. The molecule has 1 saturated heterocycles. The lowest BCUT2D eigenvalue weighted by Crippen LogP contribution is -2.32. The van der Waals surface area contributed by atoms with Gasteiger partial charge in [0.05, 0.1) is 18.7 Å². The predicted octanol–water partition coefficient (Wildman–Crippen LogP) is 3.33. The van der Waals surface area contributed by atoms with Crippen LogP contribution in [0.5, 0.6) is 0 Å². The molecule has 0 bridgehead atoms. The molecule has 0 unspecified atom stereocenters. The number of benzene rings is 1. The normalized spacial score (nSPS) is 14.8. The number of carbonyl (C=O) groups excluding carboxylic acids is 1. The van der Waals surface area contributed by atoms with Crippen LogP contribution in [0, 0.1) is 11.6 Å². The summed E-state index contributed by atoms with van der Waals surface area (Å²) in [6.45, 7) is 4.51. The van der Waals surface area contributed by atoms with Crippen LogP contribution in [-0.2, 0) is 17.8 Å². The van der Waals surface area contributed by atoms with Crippen molar-refractivity contribution in [3.05, 3.63) is 65.1 Å². The Morgan fingerprint density at radius 2 is 1.94 bits per heavy atom. The Hall–Kier alpha value is -3.47. The minimum Gasteiger partial charge on any atom is -0.462 e. The molecule has 1 aliphatic rings. The third kappa shape index (κ3) is 5.71. The SMILES string of the molecule is CCOC(=O)c1cnc(N(C)Cc2nc(C3CCN(Cc4ccc(F)c(F)c4)CC3)no2)nc1. The van der Waals surface area contributed by atoms with Crippen molar-refractivity contribution in [1.29, 1.82) is 0 Å². The van der Waals surface area contributed by atoms with Crippen LogP contribution in [0.15, 0.2) is 35.1 Å². The molecule has 0 aliphatic carbocycles. The second kappa shape index (κ2) is 10.6. The molecule has 9 nitrogen and oxygen atoms in total. The molecule has 0 saturated carbocycles. The Morgan fingerprint density at radius 3 is 2.62 bits per heavy atom. The zero-order chi connectivity index (χ0) is 24.1. The fourth-order valence-electron chi connectivity index (χ4n) is 3.86. The number of aromatic nitrogens is 4. The van der Waals surface area contributed by atoms with Gasteiger partial charge in [0, 0.05) is 31.9 Å². The number of rotatable bonds is 8. The van der Waals surface area contributed by atoms with Crippen LogP contribution >= 0.6 is 0 Å². The van der Waals surface area contributed by atoms with E-state index < -0.39 is 17.6 Å². The summed E-state index contributed by atoms with van der Waals surface area (Å²) in [7, 11) is 1.79. The Kier molecular flexibility index (Phi) is 7.41. The number of likely N-dealkylation sites (tertiary alicyclic amines) is 1. The fraction of sp³-hybridized carbons (Fsp3) is 0.435. The van der Waals surface area contributed by atoms with E-state index in [-0.39, 0.29) is 18.1 Å². The van der Waals surface area contributed by atoms with Gasteiger partial charge in [0.25, 0.3) is 0 Å². The molecule has 34 heavy (non-hydrogen) atoms. The molecule has 0 atom stereocenters. The maximum atomic E-state index is 13.4. The third-order valence-electron chi connectivity index (χ3n) is 5.69. The van der Waals surface area contributed by atoms with Crippen molar-refractivity contribution in [2.45, 2.75) is 38.8 Å². The monoisotopic (exact) mass is 472 g/mol. The zero-order valence-electron chi connectivity index (χ0n) is 19.1. The summed E-state index contributed by atoms with van der Waals surface area (Å²) in [6, 6.07) is 4.02. The summed E-state index contributed by atoms with van der Waals surface area (Å²) in [5, 5.41) is 4.15. The number of carbonyl (C=O) groups is 1. The summed E-state index contributed by atoms with van der Waals surface area (Å²) in [4.78, 5) is 28.6. The maximum Gasteiger partial charge on any atom is 0.341 e. The van der Waals surface area contributed by atoms with Crippen LogP contribution in [0.1, 0.15) is 53.3 Å². The van der Waals surface area contributed by atoms with E-state index >= 15 is 0 Å². The van der Waals surface area contributed by atoms with Gasteiger partial charge in [-0.05, 0) is 50.6 Å². The maximum absolute atomic E-state index is 13.4. The Balaban J connectivity index is 1.29. The summed E-state index contributed by atoms with van der Waals surface area (Å²) in [5.41, 5.74) is 1.04. The minimum absolute atomic E-state index is 0.170. The number of ether oxygens (including phenoxy) is 1. The molecular weight excluding hydrogens is 446 g/mol. The Morgan fingerprint density at radius 1 is 1.21 bits per heavy atom. The first-order valence-electron chi connectivity index (χ1n) is 11.1. The number of nitrogens with zero attached hydrogens (tertiary/aromatic N) is 6. The average Bonchev–Trinajstić information content (AvgIpc) is 3.30. The van der Waals surface area contributed by atoms with Gasteiger partial charge in [0.2, 0.25) is 11.8 Å². The Labute approximate surface area is 195 Å². The van der Waals surface area contributed by atoms with Gasteiger partial charge in [0.1, 0.15) is 0 Å². The highest BCUT2D eigenvalue weighted by Crippen LogP contribution is 2.27. The second-order valence-corrected chi connectivity index (χ2v) is 8.19. The first-order chi connectivity index (χ1) is 16.4. The van der Waals surface area contributed by atoms with E-state index in [1.807, 2.05) is 0 Å². The number of hydrogen-bond acceptors (Lipinski definition) is 9. The number of piperidine rings is 1. The molecule has 2 aromatic heterocycles. The smallest absolute Gasteiger partial charge is 0.341 e. The van der Waals surface area contributed by atoms with E-state index in [1.54, 1.807) is 24.9 Å². The molecule has 11 heteroatoms. The summed E-state index contributed by atoms with van der Waals surface area (Å²) < 4.78 is 36.9. The van der Waals surface area contributed by atoms with Crippen LogP contribution in [0.3, 0.4) is 0 Å². The standard InChI is InChI=1S/C23H26F2N6O3/c1-3-33-22(32)17-11-26-23(27-12-17)30(2)14-20-28-21(29-34-20)16-6-8-31(9-7-16)13-15-4-5-18(24)19(25)10-15/h4-5,10-12,16H,3,6-9,13-14H2,1-2H3. The molecule has 4 rings (SSSR count). The van der Waals surface area contributed by atoms with Gasteiger partial charge in [-0.25, -0.2) is 23.5 Å². The van der Waals surface area contributed by atoms with Crippen LogP contribution < -0.4 is 4.90 Å². The molecule has 180 valence electrons. The van der Waals surface area contributed by atoms with E-state index in [4.69, 9.17) is 9.26 Å². The summed E-state index contributed by atoms with van der Waals surface area (Å²) in [6.07, 6.45) is 4.53. The molecule has 0 spiro atoms. The van der Waals surface area contributed by atoms with Crippen molar-refractivity contribution in [3.63, 3.8) is 0 Å². The number of halogens is 2. The molecule has 1 fully saturated rings. The van der Waals surface area contributed by atoms with Crippen LogP contribution in [0.4, 0.5) is 14.7 Å². The van der Waals surface area contributed by atoms with Gasteiger partial charge < -0.3 is 14.2 Å². The average molecular weight is 472 g/mol. The second-order valence-electron chi connectivity index (χ2n) is 8.19. The summed E-state index contributed by atoms with van der Waals surface area (Å²) >= 11 is 0. The Bertz CT molecular complexity index is 1120. The fourth-order valence-corrected chi connectivity index (χ4v) is 3.86. The first-order valence-corrected chi connectivity index (χ1v) is 11.1. The van der Waals surface area contributed by atoms with Gasteiger partial charge in [0.15, 0.2) is 17.5 Å². The molecular formula is C23H26F2N6O3. The molecule has 0 radical (unpaired) electrons. The van der Waals surface area contributed by atoms with Crippen molar-refractivity contribution in [3.8, 4) is 0 Å². The minimum atomic E-state index is -0.832. The van der Waals surface area contributed by atoms with Crippen LogP contribution in [0.25, 0.3) is 0 Å². The van der Waals surface area contributed by atoms with Crippen molar-refractivity contribution >= 4 is 11.9 Å². The lowest BCUT2D eigenvalue weighted by molar-refractivity contribution is 0.0525. The molecule has 3 heterocycles. The van der Waals surface area contributed by atoms with Crippen molar-refractivity contribution in [1.82, 2.24) is 25.0 Å². The van der Waals surface area contributed by atoms with E-state index in [0.717, 1.165) is 37.6 Å². The summed E-state index contributed by atoms with van der Waals surface area (Å²) in [5.74, 6) is -0.427. The number of esters is 1. The molecule has 1 aromatic carbocycles. The van der Waals surface area contributed by atoms with Crippen molar-refractivity contribution in [2.24, 2.45) is 0 Å². The third-order valence-corrected chi connectivity index (χ3v) is 5.69. The highest BCUT2D eigenvalue weighted by molar-refractivity contribution is 5.88. The number of hydrogen-bond donors (Lipinski definition) is 0. The van der Waals surface area contributed by atoms with E-state index in [0.29, 0.717) is 30.8 Å².